The van der Waals surface area contributed by atoms with Gasteiger partial charge in [-0.2, -0.15) is 0 Å². The molecule has 3 heteroatoms. The first-order valence-electron chi connectivity index (χ1n) is 3.32. The lowest BCUT2D eigenvalue weighted by molar-refractivity contribution is 1.10. The van der Waals surface area contributed by atoms with Gasteiger partial charge in [0, 0.05) is 12.9 Å². The summed E-state index contributed by atoms with van der Waals surface area (Å²) in [6.07, 6.45) is 1.06. The maximum Gasteiger partial charge on any atom is 0.0296 e. The molecule has 0 unspecified atom stereocenters. The van der Waals surface area contributed by atoms with Crippen molar-refractivity contribution in [3.63, 3.8) is 0 Å². The van der Waals surface area contributed by atoms with Gasteiger partial charge in [-0.05, 0) is 46.7 Å². The highest BCUT2D eigenvalue weighted by Gasteiger charge is 2.02. The second-order valence-electron chi connectivity index (χ2n) is 2.25. The lowest BCUT2D eigenvalue weighted by Crippen LogP contribution is -1.87. The summed E-state index contributed by atoms with van der Waals surface area (Å²) >= 11 is 10.1. The third-order valence-corrected chi connectivity index (χ3v) is 3.99. The zero-order valence-corrected chi connectivity index (χ0v) is 10.7. The minimum atomic E-state index is 1.05. The van der Waals surface area contributed by atoms with Crippen LogP contribution in [-0.2, 0) is 6.42 Å². The lowest BCUT2D eigenvalue weighted by Gasteiger charge is -2.04. The van der Waals surface area contributed by atoms with Crippen LogP contribution in [0.1, 0.15) is 12.5 Å². The van der Waals surface area contributed by atoms with Crippen molar-refractivity contribution in [3.05, 3.63) is 25.7 Å². The van der Waals surface area contributed by atoms with E-state index >= 15 is 0 Å². The summed E-state index contributed by atoms with van der Waals surface area (Å²) in [5.74, 6) is 0. The molecule has 0 N–H and O–H groups in total. The molecule has 0 atom stereocenters. The standard InChI is InChI=1S/C8H8BrIS/c1-2-5-3-6(9)4-7(11)8(5)10/h3-4,11H,2H2,1H3. The van der Waals surface area contributed by atoms with Gasteiger partial charge >= 0.3 is 0 Å². The van der Waals surface area contributed by atoms with Crippen molar-refractivity contribution in [1.29, 1.82) is 0 Å². The molecule has 0 nitrogen and oxygen atoms in total. The Balaban J connectivity index is 3.24. The van der Waals surface area contributed by atoms with Crippen molar-refractivity contribution in [2.45, 2.75) is 18.2 Å². The first-order valence-corrected chi connectivity index (χ1v) is 5.64. The molecule has 0 radical (unpaired) electrons. The topological polar surface area (TPSA) is 0 Å². The van der Waals surface area contributed by atoms with Crippen molar-refractivity contribution >= 4 is 51.1 Å². The van der Waals surface area contributed by atoms with E-state index in [1.165, 1.54) is 9.13 Å². The first kappa shape index (κ1) is 9.86. The minimum Gasteiger partial charge on any atom is -0.142 e. The molecule has 1 rings (SSSR count). The molecule has 0 fully saturated rings. The van der Waals surface area contributed by atoms with Crippen molar-refractivity contribution < 1.29 is 0 Å². The van der Waals surface area contributed by atoms with Gasteiger partial charge in [-0.15, -0.1) is 12.6 Å². The molecule has 1 aromatic carbocycles. The quantitative estimate of drug-likeness (QED) is 0.580. The fourth-order valence-corrected chi connectivity index (χ4v) is 2.54. The van der Waals surface area contributed by atoms with Crippen LogP contribution in [0.15, 0.2) is 21.5 Å². The van der Waals surface area contributed by atoms with Gasteiger partial charge in [0.15, 0.2) is 0 Å². The Bertz CT molecular complexity index is 273. The molecular weight excluding hydrogens is 335 g/mol. The average molecular weight is 343 g/mol. The number of halogens is 2. The Hall–Kier alpha value is 0.780. The molecule has 0 saturated heterocycles. The van der Waals surface area contributed by atoms with E-state index in [-0.39, 0.29) is 0 Å². The Morgan fingerprint density at radius 1 is 1.55 bits per heavy atom. The number of hydrogen-bond donors (Lipinski definition) is 1. The van der Waals surface area contributed by atoms with E-state index in [1.54, 1.807) is 0 Å². The highest BCUT2D eigenvalue weighted by atomic mass is 127. The van der Waals surface area contributed by atoms with Gasteiger partial charge in [0.05, 0.1) is 0 Å². The second kappa shape index (κ2) is 4.14. The summed E-state index contributed by atoms with van der Waals surface area (Å²) in [5, 5.41) is 0. The van der Waals surface area contributed by atoms with Crippen LogP contribution < -0.4 is 0 Å². The van der Waals surface area contributed by atoms with E-state index < -0.39 is 0 Å². The van der Waals surface area contributed by atoms with Gasteiger partial charge in [0.1, 0.15) is 0 Å². The summed E-state index contributed by atoms with van der Waals surface area (Å²) < 4.78 is 2.37. The van der Waals surface area contributed by atoms with Crippen molar-refractivity contribution in [2.75, 3.05) is 0 Å². The molecule has 11 heavy (non-hydrogen) atoms. The third-order valence-electron chi connectivity index (χ3n) is 1.47. The fraction of sp³-hybridized carbons (Fsp3) is 0.250. The van der Waals surface area contributed by atoms with E-state index in [1.807, 2.05) is 6.07 Å². The zero-order chi connectivity index (χ0) is 8.43. The van der Waals surface area contributed by atoms with E-state index in [2.05, 4.69) is 64.1 Å². The van der Waals surface area contributed by atoms with Gasteiger partial charge in [-0.3, -0.25) is 0 Å². The molecule has 60 valence electrons. The molecule has 0 aromatic heterocycles. The molecule has 0 aliphatic rings. The molecule has 0 amide bonds. The molecule has 0 aliphatic carbocycles. The number of benzene rings is 1. The van der Waals surface area contributed by atoms with E-state index in [0.29, 0.717) is 0 Å². The third kappa shape index (κ3) is 2.36. The van der Waals surface area contributed by atoms with Crippen molar-refractivity contribution in [1.82, 2.24) is 0 Å². The molecular formula is C8H8BrIS. The highest BCUT2D eigenvalue weighted by Crippen LogP contribution is 2.25. The Morgan fingerprint density at radius 3 is 2.73 bits per heavy atom. The van der Waals surface area contributed by atoms with E-state index in [4.69, 9.17) is 0 Å². The summed E-state index contributed by atoms with van der Waals surface area (Å²) in [7, 11) is 0. The van der Waals surface area contributed by atoms with Gasteiger partial charge in [0.2, 0.25) is 0 Å². The van der Waals surface area contributed by atoms with Gasteiger partial charge < -0.3 is 0 Å². The lowest BCUT2D eigenvalue weighted by atomic mass is 10.2. The van der Waals surface area contributed by atoms with Crippen LogP contribution in [0.2, 0.25) is 0 Å². The zero-order valence-electron chi connectivity index (χ0n) is 6.06. The molecule has 0 spiro atoms. The predicted octanol–water partition coefficient (Wildman–Crippen LogP) is 3.90. The van der Waals surface area contributed by atoms with Crippen LogP contribution in [-0.4, -0.2) is 0 Å². The van der Waals surface area contributed by atoms with Crippen LogP contribution in [0.4, 0.5) is 0 Å². The SMILES string of the molecule is CCc1cc(Br)cc(S)c1I. The van der Waals surface area contributed by atoms with Gasteiger partial charge in [-0.25, -0.2) is 0 Å². The van der Waals surface area contributed by atoms with E-state index in [9.17, 15) is 0 Å². The summed E-state index contributed by atoms with van der Waals surface area (Å²) in [4.78, 5) is 1.05. The largest absolute Gasteiger partial charge is 0.142 e. The molecule has 0 bridgehead atoms. The minimum absolute atomic E-state index is 1.05. The Morgan fingerprint density at radius 2 is 2.18 bits per heavy atom. The van der Waals surface area contributed by atoms with Gasteiger partial charge in [0.25, 0.3) is 0 Å². The first-order chi connectivity index (χ1) is 5.15. The second-order valence-corrected chi connectivity index (χ2v) is 4.73. The van der Waals surface area contributed by atoms with Crippen LogP contribution in [0, 0.1) is 3.57 Å². The predicted molar refractivity (Wildman–Crippen MR) is 63.5 cm³/mol. The van der Waals surface area contributed by atoms with Crippen LogP contribution >= 0.6 is 51.1 Å². The number of thiol groups is 1. The normalized spacial score (nSPS) is 10.2. The smallest absolute Gasteiger partial charge is 0.0296 e. The van der Waals surface area contributed by atoms with Gasteiger partial charge in [-0.1, -0.05) is 22.9 Å². The molecule has 1 aromatic rings. The number of rotatable bonds is 1. The molecule has 0 saturated carbocycles. The maximum absolute atomic E-state index is 4.35. The van der Waals surface area contributed by atoms with Crippen molar-refractivity contribution in [3.8, 4) is 0 Å². The van der Waals surface area contributed by atoms with E-state index in [0.717, 1.165) is 15.8 Å². The van der Waals surface area contributed by atoms with Crippen LogP contribution in [0.25, 0.3) is 0 Å². The monoisotopic (exact) mass is 342 g/mol. The fourth-order valence-electron chi connectivity index (χ4n) is 0.887. The molecule has 0 aliphatic heterocycles. The molecule has 0 heterocycles. The van der Waals surface area contributed by atoms with Crippen molar-refractivity contribution in [2.24, 2.45) is 0 Å². The summed E-state index contributed by atoms with van der Waals surface area (Å²) in [6.45, 7) is 2.15. The highest BCUT2D eigenvalue weighted by molar-refractivity contribution is 14.1. The summed E-state index contributed by atoms with van der Waals surface area (Å²) in [6, 6.07) is 4.16. The Kier molecular flexibility index (Phi) is 3.71. The maximum atomic E-state index is 4.35. The summed E-state index contributed by atoms with van der Waals surface area (Å²) in [5.41, 5.74) is 1.35. The number of aryl methyl sites for hydroxylation is 1. The van der Waals surface area contributed by atoms with Crippen LogP contribution in [0.3, 0.4) is 0 Å². The Labute approximate surface area is 94.4 Å². The van der Waals surface area contributed by atoms with Crippen LogP contribution in [0.5, 0.6) is 0 Å². The average Bonchev–Trinajstić information content (AvgIpc) is 1.96. The number of hydrogen-bond acceptors (Lipinski definition) is 1.